The number of hydrogen-bond donors (Lipinski definition) is 0. The quantitative estimate of drug-likeness (QED) is 0.796. The van der Waals surface area contributed by atoms with Crippen LogP contribution in [0.1, 0.15) is 52.8 Å². The molecule has 1 aliphatic carbocycles. The zero-order valence-electron chi connectivity index (χ0n) is 13.9. The van der Waals surface area contributed by atoms with Crippen molar-refractivity contribution in [3.05, 3.63) is 35.4 Å². The van der Waals surface area contributed by atoms with Crippen molar-refractivity contribution >= 4 is 11.8 Å². The highest BCUT2D eigenvalue weighted by Gasteiger charge is 2.36. The Kier molecular flexibility index (Phi) is 4.37. The normalized spacial score (nSPS) is 27.2. The van der Waals surface area contributed by atoms with Crippen LogP contribution in [0.25, 0.3) is 0 Å². The van der Waals surface area contributed by atoms with Crippen LogP contribution in [0.3, 0.4) is 0 Å². The molecule has 2 fully saturated rings. The van der Waals surface area contributed by atoms with Crippen molar-refractivity contribution in [1.29, 1.82) is 0 Å². The summed E-state index contributed by atoms with van der Waals surface area (Å²) in [5, 5.41) is 0. The van der Waals surface area contributed by atoms with Gasteiger partial charge in [0.1, 0.15) is 0 Å². The second kappa shape index (κ2) is 6.65. The molecule has 24 heavy (non-hydrogen) atoms. The molecule has 5 nitrogen and oxygen atoms in total. The van der Waals surface area contributed by atoms with Crippen molar-refractivity contribution in [2.45, 2.75) is 44.2 Å². The molecule has 2 heterocycles. The number of benzene rings is 1. The van der Waals surface area contributed by atoms with Crippen LogP contribution < -0.4 is 0 Å². The fraction of sp³-hybridized carbons (Fsp3) is 0.579. The standard InChI is InChI=1S/C19H24N2O3/c22-18-14-6-1-2-7-15(14)19(23)21(18)11-5-10-20-12-13-24-17-9-4-3-8-16(17)20/h1-2,6-7,16-17H,3-5,8-13H2/t16-,17+/m0/s1. The average molecular weight is 328 g/mol. The molecule has 0 bridgehead atoms. The first-order valence-electron chi connectivity index (χ1n) is 9.06. The lowest BCUT2D eigenvalue weighted by molar-refractivity contribution is -0.0883. The van der Waals surface area contributed by atoms with E-state index in [0.29, 0.717) is 29.8 Å². The van der Waals surface area contributed by atoms with Gasteiger partial charge in [0.25, 0.3) is 11.8 Å². The number of carbonyl (C=O) groups excluding carboxylic acids is 2. The van der Waals surface area contributed by atoms with Gasteiger partial charge >= 0.3 is 0 Å². The highest BCUT2D eigenvalue weighted by atomic mass is 16.5. The van der Waals surface area contributed by atoms with Gasteiger partial charge in [-0.2, -0.15) is 0 Å². The summed E-state index contributed by atoms with van der Waals surface area (Å²) in [5.41, 5.74) is 1.09. The smallest absolute Gasteiger partial charge is 0.261 e. The second-order valence-corrected chi connectivity index (χ2v) is 6.96. The number of imide groups is 1. The van der Waals surface area contributed by atoms with Crippen LogP contribution >= 0.6 is 0 Å². The summed E-state index contributed by atoms with van der Waals surface area (Å²) >= 11 is 0. The molecule has 4 rings (SSSR count). The highest BCUT2D eigenvalue weighted by molar-refractivity contribution is 6.21. The van der Waals surface area contributed by atoms with E-state index in [9.17, 15) is 9.59 Å². The van der Waals surface area contributed by atoms with Gasteiger partial charge in [-0.25, -0.2) is 0 Å². The van der Waals surface area contributed by atoms with Crippen LogP contribution in [0.2, 0.25) is 0 Å². The number of amides is 2. The molecule has 0 unspecified atom stereocenters. The Bertz CT molecular complexity index is 608. The number of ether oxygens (including phenoxy) is 1. The van der Waals surface area contributed by atoms with Gasteiger partial charge in [0.05, 0.1) is 23.8 Å². The van der Waals surface area contributed by atoms with Crippen LogP contribution in [0, 0.1) is 0 Å². The summed E-state index contributed by atoms with van der Waals surface area (Å²) in [6.07, 6.45) is 6.13. The average Bonchev–Trinajstić information content (AvgIpc) is 2.87. The first-order chi connectivity index (χ1) is 11.8. The van der Waals surface area contributed by atoms with Crippen molar-refractivity contribution < 1.29 is 14.3 Å². The summed E-state index contributed by atoms with van der Waals surface area (Å²) in [6.45, 7) is 3.19. The predicted octanol–water partition coefficient (Wildman–Crippen LogP) is 2.32. The number of carbonyl (C=O) groups is 2. The molecule has 128 valence electrons. The van der Waals surface area contributed by atoms with Gasteiger partial charge in [-0.05, 0) is 31.4 Å². The number of hydrogen-bond acceptors (Lipinski definition) is 4. The minimum Gasteiger partial charge on any atom is -0.375 e. The lowest BCUT2D eigenvalue weighted by Gasteiger charge is -2.44. The van der Waals surface area contributed by atoms with E-state index >= 15 is 0 Å². The molecule has 2 aliphatic heterocycles. The van der Waals surface area contributed by atoms with E-state index in [1.807, 2.05) is 12.1 Å². The van der Waals surface area contributed by atoms with E-state index in [-0.39, 0.29) is 11.8 Å². The Morgan fingerprint density at radius 1 is 1.00 bits per heavy atom. The zero-order chi connectivity index (χ0) is 16.5. The maximum atomic E-state index is 12.4. The van der Waals surface area contributed by atoms with Gasteiger partial charge in [-0.15, -0.1) is 0 Å². The number of rotatable bonds is 4. The minimum atomic E-state index is -0.145. The molecule has 0 aromatic heterocycles. The molecule has 3 aliphatic rings. The third-order valence-corrected chi connectivity index (χ3v) is 5.55. The topological polar surface area (TPSA) is 49.9 Å². The molecule has 5 heteroatoms. The van der Waals surface area contributed by atoms with Gasteiger partial charge < -0.3 is 4.74 Å². The highest BCUT2D eigenvalue weighted by Crippen LogP contribution is 2.28. The molecule has 1 saturated carbocycles. The summed E-state index contributed by atoms with van der Waals surface area (Å²) in [7, 11) is 0. The zero-order valence-corrected chi connectivity index (χ0v) is 13.9. The minimum absolute atomic E-state index is 0.145. The van der Waals surface area contributed by atoms with Crippen LogP contribution in [-0.2, 0) is 4.74 Å². The molecule has 0 N–H and O–H groups in total. The van der Waals surface area contributed by atoms with Crippen LogP contribution in [0.4, 0.5) is 0 Å². The van der Waals surface area contributed by atoms with E-state index in [0.717, 1.165) is 26.1 Å². The number of fused-ring (bicyclic) bond motifs is 2. The Labute approximate surface area is 142 Å². The third kappa shape index (κ3) is 2.76. The van der Waals surface area contributed by atoms with Crippen LogP contribution in [0.5, 0.6) is 0 Å². The number of morpholine rings is 1. The molecule has 1 aromatic rings. The Morgan fingerprint density at radius 3 is 2.46 bits per heavy atom. The van der Waals surface area contributed by atoms with Gasteiger partial charge in [0.2, 0.25) is 0 Å². The molecule has 1 aromatic carbocycles. The molecule has 0 spiro atoms. The lowest BCUT2D eigenvalue weighted by Crippen LogP contribution is -2.53. The maximum Gasteiger partial charge on any atom is 0.261 e. The third-order valence-electron chi connectivity index (χ3n) is 5.55. The van der Waals surface area contributed by atoms with E-state index in [1.54, 1.807) is 12.1 Å². The molecule has 1 saturated heterocycles. The van der Waals surface area contributed by atoms with Gasteiger partial charge in [-0.3, -0.25) is 19.4 Å². The summed E-state index contributed by atoms with van der Waals surface area (Å²) in [6, 6.07) is 7.62. The van der Waals surface area contributed by atoms with E-state index in [2.05, 4.69) is 4.90 Å². The summed E-state index contributed by atoms with van der Waals surface area (Å²) in [5.74, 6) is -0.291. The van der Waals surface area contributed by atoms with Gasteiger partial charge in [0.15, 0.2) is 0 Å². The SMILES string of the molecule is O=C1c2ccccc2C(=O)N1CCCN1CCO[C@@H]2CCCC[C@@H]21. The summed E-state index contributed by atoms with van der Waals surface area (Å²) < 4.78 is 5.91. The Hall–Kier alpha value is -1.72. The maximum absolute atomic E-state index is 12.4. The molecule has 0 radical (unpaired) electrons. The summed E-state index contributed by atoms with van der Waals surface area (Å²) in [4.78, 5) is 28.7. The Balaban J connectivity index is 1.35. The number of nitrogens with zero attached hydrogens (tertiary/aromatic N) is 2. The lowest BCUT2D eigenvalue weighted by atomic mass is 9.90. The first kappa shape index (κ1) is 15.8. The molecule has 2 atom stereocenters. The Morgan fingerprint density at radius 2 is 1.71 bits per heavy atom. The van der Waals surface area contributed by atoms with Gasteiger partial charge in [-0.1, -0.05) is 25.0 Å². The largest absolute Gasteiger partial charge is 0.375 e. The fourth-order valence-corrected chi connectivity index (χ4v) is 4.33. The van der Waals surface area contributed by atoms with Crippen molar-refractivity contribution in [3.8, 4) is 0 Å². The first-order valence-corrected chi connectivity index (χ1v) is 9.06. The van der Waals surface area contributed by atoms with Crippen LogP contribution in [-0.4, -0.2) is 60.0 Å². The fourth-order valence-electron chi connectivity index (χ4n) is 4.33. The van der Waals surface area contributed by atoms with E-state index in [1.165, 1.54) is 30.6 Å². The monoisotopic (exact) mass is 328 g/mol. The second-order valence-electron chi connectivity index (χ2n) is 6.96. The van der Waals surface area contributed by atoms with E-state index in [4.69, 9.17) is 4.74 Å². The van der Waals surface area contributed by atoms with Crippen LogP contribution in [0.15, 0.2) is 24.3 Å². The van der Waals surface area contributed by atoms with Crippen molar-refractivity contribution in [2.24, 2.45) is 0 Å². The molecule has 2 amide bonds. The van der Waals surface area contributed by atoms with E-state index < -0.39 is 0 Å². The van der Waals surface area contributed by atoms with Gasteiger partial charge in [0, 0.05) is 25.7 Å². The van der Waals surface area contributed by atoms with Crippen molar-refractivity contribution in [2.75, 3.05) is 26.2 Å². The van der Waals surface area contributed by atoms with Crippen molar-refractivity contribution in [1.82, 2.24) is 9.80 Å². The van der Waals surface area contributed by atoms with Crippen molar-refractivity contribution in [3.63, 3.8) is 0 Å². The molecular formula is C19H24N2O3. The molecular weight excluding hydrogens is 304 g/mol. The predicted molar refractivity (Wildman–Crippen MR) is 90.0 cm³/mol.